The predicted octanol–water partition coefficient (Wildman–Crippen LogP) is 3.20. The van der Waals surface area contributed by atoms with Crippen LogP contribution in [0.4, 0.5) is 8.78 Å². The van der Waals surface area contributed by atoms with E-state index in [9.17, 15) is 17.2 Å². The molecule has 0 N–H and O–H groups in total. The zero-order valence-corrected chi connectivity index (χ0v) is 11.2. The van der Waals surface area contributed by atoms with Crippen LogP contribution < -0.4 is 0 Å². The summed E-state index contributed by atoms with van der Waals surface area (Å²) in [5.74, 6) is 0. The minimum atomic E-state index is -4.13. The predicted molar refractivity (Wildman–Crippen MR) is 60.0 cm³/mol. The van der Waals surface area contributed by atoms with E-state index >= 15 is 0 Å². The molecule has 0 spiro atoms. The third-order valence-electron chi connectivity index (χ3n) is 1.37. The maximum absolute atomic E-state index is 12.4. The van der Waals surface area contributed by atoms with Gasteiger partial charge in [-0.1, -0.05) is 11.6 Å². The Morgan fingerprint density at radius 2 is 2.00 bits per heavy atom. The van der Waals surface area contributed by atoms with Gasteiger partial charge < -0.3 is 0 Å². The molecule has 0 radical (unpaired) electrons. The van der Waals surface area contributed by atoms with E-state index in [0.29, 0.717) is 0 Å². The number of alkyl halides is 2. The van der Waals surface area contributed by atoms with Gasteiger partial charge in [-0.25, -0.2) is 22.2 Å². The Labute approximate surface area is 107 Å². The minimum Gasteiger partial charge on any atom is -0.232 e. The molecule has 0 aliphatic carbocycles. The van der Waals surface area contributed by atoms with E-state index in [4.69, 9.17) is 22.3 Å². The van der Waals surface area contributed by atoms with Crippen LogP contribution in [-0.2, 0) is 9.05 Å². The van der Waals surface area contributed by atoms with Crippen molar-refractivity contribution >= 4 is 53.9 Å². The monoisotopic (exact) mass is 387 g/mol. The lowest BCUT2D eigenvalue weighted by Crippen LogP contribution is -2.02. The Kier molecular flexibility index (Phi) is 4.13. The average Bonchev–Trinajstić information content (AvgIpc) is 2.06. The van der Waals surface area contributed by atoms with Crippen LogP contribution in [0.5, 0.6) is 0 Å². The second kappa shape index (κ2) is 4.64. The van der Waals surface area contributed by atoms with Gasteiger partial charge in [0.2, 0.25) is 0 Å². The number of hydrogen-bond donors (Lipinski definition) is 0. The lowest BCUT2D eigenvalue weighted by Gasteiger charge is -2.05. The third-order valence-corrected chi connectivity index (χ3v) is 4.12. The number of pyridine rings is 1. The summed E-state index contributed by atoms with van der Waals surface area (Å²) in [6.45, 7) is 0. The second-order valence-electron chi connectivity index (χ2n) is 2.38. The molecule has 0 aliphatic rings. The van der Waals surface area contributed by atoms with E-state index in [1.165, 1.54) is 0 Å². The maximum Gasteiger partial charge on any atom is 0.281 e. The van der Waals surface area contributed by atoms with Crippen molar-refractivity contribution in [3.63, 3.8) is 0 Å². The molecule has 1 rings (SSSR count). The van der Waals surface area contributed by atoms with Gasteiger partial charge in [-0.3, -0.25) is 0 Å². The molecule has 0 amide bonds. The van der Waals surface area contributed by atoms with Crippen molar-refractivity contribution in [3.05, 3.63) is 20.4 Å². The Bertz CT molecular complexity index is 494. The molecule has 0 bridgehead atoms. The Morgan fingerprint density at radius 1 is 1.47 bits per heavy atom. The molecule has 9 heteroatoms. The highest BCUT2D eigenvalue weighted by Crippen LogP contribution is 2.31. The van der Waals surface area contributed by atoms with Crippen molar-refractivity contribution < 1.29 is 17.2 Å². The molecule has 0 saturated carbocycles. The van der Waals surface area contributed by atoms with E-state index in [-0.39, 0.29) is 8.59 Å². The number of hydrogen-bond acceptors (Lipinski definition) is 3. The lowest BCUT2D eigenvalue weighted by atomic mass is 10.3. The van der Waals surface area contributed by atoms with Crippen LogP contribution in [0.15, 0.2) is 11.1 Å². The van der Waals surface area contributed by atoms with Gasteiger partial charge in [0.05, 0.1) is 5.02 Å². The zero-order chi connectivity index (χ0) is 11.8. The summed E-state index contributed by atoms with van der Waals surface area (Å²) in [5, 5.41) is -0.900. The van der Waals surface area contributed by atoms with Crippen molar-refractivity contribution in [2.24, 2.45) is 0 Å². The number of nitrogens with zero attached hydrogens (tertiary/aromatic N) is 1. The van der Waals surface area contributed by atoms with Crippen molar-refractivity contribution in [1.82, 2.24) is 4.98 Å². The first-order chi connectivity index (χ1) is 6.73. The van der Waals surface area contributed by atoms with Gasteiger partial charge in [-0.2, -0.15) is 0 Å². The van der Waals surface area contributed by atoms with Gasteiger partial charge in [0, 0.05) is 14.3 Å². The molecule has 84 valence electrons. The molecule has 0 unspecified atom stereocenters. The molecule has 0 fully saturated rings. The van der Waals surface area contributed by atoms with Crippen molar-refractivity contribution in [2.45, 2.75) is 11.5 Å². The first-order valence-corrected chi connectivity index (χ1v) is 7.09. The Morgan fingerprint density at radius 3 is 2.40 bits per heavy atom. The number of rotatable bonds is 2. The first-order valence-electron chi connectivity index (χ1n) is 3.32. The fraction of sp³-hybridized carbons (Fsp3) is 0.167. The van der Waals surface area contributed by atoms with Crippen LogP contribution in [0.1, 0.15) is 12.1 Å². The average molecular weight is 388 g/mol. The van der Waals surface area contributed by atoms with Crippen LogP contribution in [0.25, 0.3) is 0 Å². The van der Waals surface area contributed by atoms with Crippen LogP contribution in [-0.4, -0.2) is 13.4 Å². The smallest absolute Gasteiger partial charge is 0.232 e. The molecule has 0 atom stereocenters. The summed E-state index contributed by atoms with van der Waals surface area (Å²) in [6, 6.07) is 1.02. The quantitative estimate of drug-likeness (QED) is 0.578. The molecule has 15 heavy (non-hydrogen) atoms. The molecular formula is C6H2Cl2F2INO2S. The van der Waals surface area contributed by atoms with Gasteiger partial charge in [0.15, 0.2) is 5.03 Å². The normalized spacial score (nSPS) is 12.1. The molecule has 0 saturated heterocycles. The molecule has 0 aliphatic heterocycles. The zero-order valence-electron chi connectivity index (χ0n) is 6.72. The highest BCUT2D eigenvalue weighted by molar-refractivity contribution is 14.1. The van der Waals surface area contributed by atoms with Crippen molar-refractivity contribution in [1.29, 1.82) is 0 Å². The fourth-order valence-electron chi connectivity index (χ4n) is 0.764. The van der Waals surface area contributed by atoms with E-state index in [1.807, 2.05) is 0 Å². The van der Waals surface area contributed by atoms with Gasteiger partial charge in [0.1, 0.15) is 5.69 Å². The molecule has 3 nitrogen and oxygen atoms in total. The molecular weight excluding hydrogens is 386 g/mol. The first kappa shape index (κ1) is 13.3. The Balaban J connectivity index is 3.50. The van der Waals surface area contributed by atoms with E-state index in [2.05, 4.69) is 4.98 Å². The largest absolute Gasteiger partial charge is 0.281 e. The minimum absolute atomic E-state index is 0.152. The van der Waals surface area contributed by atoms with Gasteiger partial charge >= 0.3 is 0 Å². The SMILES string of the molecule is O=S(=O)(Cl)c1cc(I)c(Cl)c(C(F)F)n1. The number of aromatic nitrogens is 1. The molecule has 1 heterocycles. The van der Waals surface area contributed by atoms with Crippen LogP contribution in [0.3, 0.4) is 0 Å². The summed E-state index contributed by atoms with van der Waals surface area (Å²) >= 11 is 7.14. The Hall–Kier alpha value is 0.270. The summed E-state index contributed by atoms with van der Waals surface area (Å²) < 4.78 is 46.7. The van der Waals surface area contributed by atoms with Crippen LogP contribution in [0.2, 0.25) is 5.02 Å². The van der Waals surface area contributed by atoms with Gasteiger partial charge in [-0.05, 0) is 28.7 Å². The second-order valence-corrected chi connectivity index (χ2v) is 6.43. The summed E-state index contributed by atoms with van der Waals surface area (Å²) in [6.07, 6.45) is -2.95. The standard InChI is InChI=1S/C6H2Cl2F2INO2S/c7-4-2(11)1-3(15(8,13)14)12-5(4)6(9)10/h1,6H. The number of halogens is 5. The third kappa shape index (κ3) is 3.11. The van der Waals surface area contributed by atoms with Crippen molar-refractivity contribution in [2.75, 3.05) is 0 Å². The highest BCUT2D eigenvalue weighted by Gasteiger charge is 2.22. The summed E-state index contributed by atoms with van der Waals surface area (Å²) in [5.41, 5.74) is -0.789. The van der Waals surface area contributed by atoms with Crippen LogP contribution >= 0.6 is 44.9 Å². The topological polar surface area (TPSA) is 47.0 Å². The van der Waals surface area contributed by atoms with Crippen LogP contribution in [0, 0.1) is 3.57 Å². The summed E-state index contributed by atoms with van der Waals surface area (Å²) in [4.78, 5) is 3.20. The van der Waals surface area contributed by atoms with Crippen molar-refractivity contribution in [3.8, 4) is 0 Å². The fourth-order valence-corrected chi connectivity index (χ4v) is 2.43. The van der Waals surface area contributed by atoms with E-state index < -0.39 is 26.2 Å². The lowest BCUT2D eigenvalue weighted by molar-refractivity contribution is 0.145. The van der Waals surface area contributed by atoms with E-state index in [1.54, 1.807) is 22.6 Å². The molecule has 0 aromatic carbocycles. The molecule has 1 aromatic heterocycles. The maximum atomic E-state index is 12.4. The van der Waals surface area contributed by atoms with E-state index in [0.717, 1.165) is 6.07 Å². The van der Waals surface area contributed by atoms with Gasteiger partial charge in [0.25, 0.3) is 15.5 Å². The highest BCUT2D eigenvalue weighted by atomic mass is 127. The van der Waals surface area contributed by atoms with Gasteiger partial charge in [-0.15, -0.1) is 0 Å². The molecule has 1 aromatic rings. The summed E-state index contributed by atoms with van der Waals surface area (Å²) in [7, 11) is 0.844.